The first-order valence-electron chi connectivity index (χ1n) is 5.23. The summed E-state index contributed by atoms with van der Waals surface area (Å²) in [4.78, 5) is 7.36. The molecule has 4 nitrogen and oxygen atoms in total. The van der Waals surface area contributed by atoms with E-state index in [1.54, 1.807) is 0 Å². The van der Waals surface area contributed by atoms with E-state index >= 15 is 0 Å². The number of aryl methyl sites for hydroxylation is 1. The van der Waals surface area contributed by atoms with Crippen LogP contribution in [0.3, 0.4) is 0 Å². The summed E-state index contributed by atoms with van der Waals surface area (Å²) in [5.74, 6) is 1.66. The normalized spacial score (nSPS) is 10.3. The first-order chi connectivity index (χ1) is 7.75. The molecular weight excluding hydrogens is 202 g/mol. The number of imidazole rings is 1. The highest BCUT2D eigenvalue weighted by molar-refractivity contribution is 5.51. The molecule has 0 unspecified atom stereocenters. The lowest BCUT2D eigenvalue weighted by Crippen LogP contribution is -2.04. The molecular formula is C12H15N3O. The average molecular weight is 217 g/mol. The number of anilines is 1. The van der Waals surface area contributed by atoms with E-state index in [4.69, 9.17) is 10.5 Å². The van der Waals surface area contributed by atoms with Gasteiger partial charge in [-0.2, -0.15) is 0 Å². The van der Waals surface area contributed by atoms with Crippen molar-refractivity contribution < 1.29 is 4.74 Å². The Hall–Kier alpha value is -1.97. The first-order valence-corrected chi connectivity index (χ1v) is 5.23. The van der Waals surface area contributed by atoms with Gasteiger partial charge in [0.15, 0.2) is 0 Å². The number of hydrogen-bond donors (Lipinski definition) is 2. The van der Waals surface area contributed by atoms with Crippen LogP contribution in [0.15, 0.2) is 30.5 Å². The van der Waals surface area contributed by atoms with Crippen LogP contribution in [-0.4, -0.2) is 16.6 Å². The van der Waals surface area contributed by atoms with E-state index < -0.39 is 0 Å². The number of nitrogen functional groups attached to an aromatic ring is 1. The van der Waals surface area contributed by atoms with Crippen LogP contribution < -0.4 is 10.5 Å². The van der Waals surface area contributed by atoms with Gasteiger partial charge >= 0.3 is 0 Å². The molecule has 0 spiro atoms. The third-order valence-electron chi connectivity index (χ3n) is 2.27. The summed E-state index contributed by atoms with van der Waals surface area (Å²) in [6.07, 6.45) is 2.56. The maximum Gasteiger partial charge on any atom is 0.142 e. The summed E-state index contributed by atoms with van der Waals surface area (Å²) in [6.45, 7) is 2.55. The van der Waals surface area contributed by atoms with Crippen molar-refractivity contribution in [1.82, 2.24) is 9.97 Å². The molecule has 0 aliphatic carbocycles. The number of nitrogens with zero attached hydrogens (tertiary/aromatic N) is 1. The standard InChI is InChI=1S/C12H15N3O/c1-9-8-14-12(15-9)6-7-16-11-5-3-2-4-10(11)13/h2-5,8H,6-7,13H2,1H3,(H,14,15). The topological polar surface area (TPSA) is 63.9 Å². The summed E-state index contributed by atoms with van der Waals surface area (Å²) in [6, 6.07) is 7.48. The average Bonchev–Trinajstić information content (AvgIpc) is 2.67. The van der Waals surface area contributed by atoms with E-state index in [1.165, 1.54) is 0 Å². The zero-order chi connectivity index (χ0) is 11.4. The zero-order valence-electron chi connectivity index (χ0n) is 9.23. The monoisotopic (exact) mass is 217 g/mol. The lowest BCUT2D eigenvalue weighted by molar-refractivity contribution is 0.321. The molecule has 0 saturated heterocycles. The van der Waals surface area contributed by atoms with E-state index in [1.807, 2.05) is 37.4 Å². The Morgan fingerprint density at radius 2 is 2.19 bits per heavy atom. The maximum atomic E-state index is 5.76. The van der Waals surface area contributed by atoms with Gasteiger partial charge in [-0.15, -0.1) is 0 Å². The van der Waals surface area contributed by atoms with Crippen molar-refractivity contribution in [3.05, 3.63) is 42.0 Å². The summed E-state index contributed by atoms with van der Waals surface area (Å²) >= 11 is 0. The number of nitrogens with two attached hydrogens (primary N) is 1. The molecule has 84 valence electrons. The molecule has 1 heterocycles. The Morgan fingerprint density at radius 1 is 1.38 bits per heavy atom. The van der Waals surface area contributed by atoms with Crippen LogP contribution in [-0.2, 0) is 6.42 Å². The number of rotatable bonds is 4. The molecule has 2 rings (SSSR count). The van der Waals surface area contributed by atoms with Crippen molar-refractivity contribution in [2.75, 3.05) is 12.3 Å². The van der Waals surface area contributed by atoms with E-state index in [9.17, 15) is 0 Å². The highest BCUT2D eigenvalue weighted by Gasteiger charge is 2.00. The van der Waals surface area contributed by atoms with E-state index in [-0.39, 0.29) is 0 Å². The fourth-order valence-electron chi connectivity index (χ4n) is 1.46. The molecule has 1 aromatic carbocycles. The Labute approximate surface area is 94.5 Å². The molecule has 0 fully saturated rings. The van der Waals surface area contributed by atoms with Crippen molar-refractivity contribution in [2.24, 2.45) is 0 Å². The van der Waals surface area contributed by atoms with Crippen molar-refractivity contribution in [3.63, 3.8) is 0 Å². The van der Waals surface area contributed by atoms with E-state index in [0.29, 0.717) is 12.3 Å². The van der Waals surface area contributed by atoms with Crippen LogP contribution in [0.5, 0.6) is 5.75 Å². The molecule has 16 heavy (non-hydrogen) atoms. The fraction of sp³-hybridized carbons (Fsp3) is 0.250. The van der Waals surface area contributed by atoms with Gasteiger partial charge in [0, 0.05) is 18.3 Å². The molecule has 0 aliphatic rings. The van der Waals surface area contributed by atoms with Crippen LogP contribution >= 0.6 is 0 Å². The number of nitrogens with one attached hydrogen (secondary N) is 1. The smallest absolute Gasteiger partial charge is 0.142 e. The Kier molecular flexibility index (Phi) is 3.10. The fourth-order valence-corrected chi connectivity index (χ4v) is 1.46. The Balaban J connectivity index is 1.87. The lowest BCUT2D eigenvalue weighted by Gasteiger charge is -2.07. The van der Waals surface area contributed by atoms with Crippen LogP contribution in [0, 0.1) is 6.92 Å². The minimum absolute atomic E-state index is 0.571. The largest absolute Gasteiger partial charge is 0.491 e. The van der Waals surface area contributed by atoms with Crippen molar-refractivity contribution >= 4 is 5.69 Å². The molecule has 0 atom stereocenters. The number of aromatic nitrogens is 2. The van der Waals surface area contributed by atoms with Crippen molar-refractivity contribution in [1.29, 1.82) is 0 Å². The number of para-hydroxylation sites is 2. The molecule has 0 radical (unpaired) electrons. The Morgan fingerprint density at radius 3 is 2.88 bits per heavy atom. The SMILES string of the molecule is Cc1cnc(CCOc2ccccc2N)[nH]1. The summed E-state index contributed by atoms with van der Waals surface area (Å²) in [7, 11) is 0. The van der Waals surface area contributed by atoms with Gasteiger partial charge in [-0.3, -0.25) is 0 Å². The first kappa shape index (κ1) is 10.5. The number of ether oxygens (including phenoxy) is 1. The van der Waals surface area contributed by atoms with Gasteiger partial charge in [0.2, 0.25) is 0 Å². The predicted molar refractivity (Wildman–Crippen MR) is 63.4 cm³/mol. The molecule has 3 N–H and O–H groups in total. The third kappa shape index (κ3) is 2.53. The van der Waals surface area contributed by atoms with Gasteiger partial charge in [-0.25, -0.2) is 4.98 Å². The van der Waals surface area contributed by atoms with Gasteiger partial charge in [0.1, 0.15) is 11.6 Å². The lowest BCUT2D eigenvalue weighted by atomic mass is 10.3. The van der Waals surface area contributed by atoms with Gasteiger partial charge in [0.05, 0.1) is 12.3 Å². The second kappa shape index (κ2) is 4.70. The molecule has 4 heteroatoms. The molecule has 0 bridgehead atoms. The predicted octanol–water partition coefficient (Wildman–Crippen LogP) is 1.92. The number of H-pyrrole nitrogens is 1. The number of aromatic amines is 1. The highest BCUT2D eigenvalue weighted by atomic mass is 16.5. The van der Waals surface area contributed by atoms with Gasteiger partial charge in [-0.1, -0.05) is 12.1 Å². The molecule has 0 saturated carbocycles. The van der Waals surface area contributed by atoms with Crippen LogP contribution in [0.4, 0.5) is 5.69 Å². The zero-order valence-corrected chi connectivity index (χ0v) is 9.23. The van der Waals surface area contributed by atoms with Gasteiger partial charge in [0.25, 0.3) is 0 Å². The Bertz CT molecular complexity index is 465. The highest BCUT2D eigenvalue weighted by Crippen LogP contribution is 2.19. The van der Waals surface area contributed by atoms with Crippen molar-refractivity contribution in [2.45, 2.75) is 13.3 Å². The second-order valence-electron chi connectivity index (χ2n) is 3.65. The molecule has 2 aromatic rings. The van der Waals surface area contributed by atoms with Crippen LogP contribution in [0.1, 0.15) is 11.5 Å². The van der Waals surface area contributed by atoms with Crippen LogP contribution in [0.2, 0.25) is 0 Å². The minimum Gasteiger partial charge on any atom is -0.491 e. The van der Waals surface area contributed by atoms with Gasteiger partial charge in [-0.05, 0) is 19.1 Å². The van der Waals surface area contributed by atoms with Gasteiger partial charge < -0.3 is 15.5 Å². The maximum absolute atomic E-state index is 5.76. The summed E-state index contributed by atoms with van der Waals surface area (Å²) in [5.41, 5.74) is 7.48. The summed E-state index contributed by atoms with van der Waals surface area (Å²) < 4.78 is 5.56. The summed E-state index contributed by atoms with van der Waals surface area (Å²) in [5, 5.41) is 0. The third-order valence-corrected chi connectivity index (χ3v) is 2.27. The quantitative estimate of drug-likeness (QED) is 0.769. The second-order valence-corrected chi connectivity index (χ2v) is 3.65. The van der Waals surface area contributed by atoms with Crippen molar-refractivity contribution in [3.8, 4) is 5.75 Å². The molecule has 0 amide bonds. The minimum atomic E-state index is 0.571. The number of benzene rings is 1. The van der Waals surface area contributed by atoms with E-state index in [2.05, 4.69) is 9.97 Å². The van der Waals surface area contributed by atoms with Crippen LogP contribution in [0.25, 0.3) is 0 Å². The number of hydrogen-bond acceptors (Lipinski definition) is 3. The van der Waals surface area contributed by atoms with E-state index in [0.717, 1.165) is 23.7 Å². The molecule has 0 aliphatic heterocycles. The molecule has 1 aromatic heterocycles.